The lowest BCUT2D eigenvalue weighted by Gasteiger charge is -2.34. The van der Waals surface area contributed by atoms with Crippen LogP contribution in [0.3, 0.4) is 0 Å². The van der Waals surface area contributed by atoms with E-state index in [9.17, 15) is 19.2 Å². The van der Waals surface area contributed by atoms with E-state index in [1.165, 1.54) is 0 Å². The van der Waals surface area contributed by atoms with Gasteiger partial charge in [-0.05, 0) is 12.1 Å². The third-order valence-corrected chi connectivity index (χ3v) is 5.44. The molecule has 2 aliphatic rings. The van der Waals surface area contributed by atoms with Crippen molar-refractivity contribution in [2.45, 2.75) is 12.8 Å². The van der Waals surface area contributed by atoms with Gasteiger partial charge in [0.15, 0.2) is 11.5 Å². The molecule has 4 rings (SSSR count). The summed E-state index contributed by atoms with van der Waals surface area (Å²) in [5.41, 5.74) is 0.897. The van der Waals surface area contributed by atoms with Gasteiger partial charge in [-0.15, -0.1) is 0 Å². The van der Waals surface area contributed by atoms with Crippen LogP contribution in [-0.2, 0) is 14.4 Å². The maximum absolute atomic E-state index is 12.7. The van der Waals surface area contributed by atoms with Gasteiger partial charge in [0.2, 0.25) is 17.7 Å². The molecule has 30 heavy (non-hydrogen) atoms. The van der Waals surface area contributed by atoms with Crippen LogP contribution in [0.15, 0.2) is 34.9 Å². The lowest BCUT2D eigenvalue weighted by molar-refractivity contribution is -0.146. The quantitative estimate of drug-likeness (QED) is 0.679. The molecule has 0 bridgehead atoms. The first kappa shape index (κ1) is 20.1. The van der Waals surface area contributed by atoms with Gasteiger partial charge in [0.05, 0.1) is 0 Å². The van der Waals surface area contributed by atoms with Crippen LogP contribution in [0.25, 0.3) is 11.3 Å². The Morgan fingerprint density at radius 1 is 1.00 bits per heavy atom. The van der Waals surface area contributed by atoms with Crippen LogP contribution in [0.5, 0.6) is 0 Å². The van der Waals surface area contributed by atoms with Crippen LogP contribution in [0.4, 0.5) is 0 Å². The molecule has 0 radical (unpaired) electrons. The molecule has 9 nitrogen and oxygen atoms in total. The lowest BCUT2D eigenvalue weighted by atomic mass is 10.1. The average molecular weight is 431 g/mol. The maximum atomic E-state index is 12.7. The first-order valence-electron chi connectivity index (χ1n) is 9.55. The van der Waals surface area contributed by atoms with Gasteiger partial charge < -0.3 is 14.3 Å². The highest BCUT2D eigenvalue weighted by atomic mass is 35.5. The molecule has 2 fully saturated rings. The Labute approximate surface area is 177 Å². The van der Waals surface area contributed by atoms with Crippen molar-refractivity contribution >= 4 is 35.2 Å². The van der Waals surface area contributed by atoms with Gasteiger partial charge in [0, 0.05) is 55.7 Å². The second-order valence-electron chi connectivity index (χ2n) is 7.13. The summed E-state index contributed by atoms with van der Waals surface area (Å²) in [5, 5.41) is 4.42. The monoisotopic (exact) mass is 430 g/mol. The second kappa shape index (κ2) is 8.27. The molecule has 0 unspecified atom stereocenters. The number of piperazine rings is 1. The summed E-state index contributed by atoms with van der Waals surface area (Å²) in [6.07, 6.45) is 0.312. The molecule has 2 aromatic rings. The number of halogens is 1. The smallest absolute Gasteiger partial charge is 0.276 e. The highest BCUT2D eigenvalue weighted by Gasteiger charge is 2.33. The number of amides is 4. The predicted molar refractivity (Wildman–Crippen MR) is 105 cm³/mol. The van der Waals surface area contributed by atoms with E-state index in [1.54, 1.807) is 40.1 Å². The molecule has 10 heteroatoms. The number of carbonyl (C=O) groups excluding carboxylic acids is 4. The number of benzene rings is 1. The van der Waals surface area contributed by atoms with Gasteiger partial charge in [-0.2, -0.15) is 0 Å². The van der Waals surface area contributed by atoms with Crippen molar-refractivity contribution in [3.8, 4) is 11.3 Å². The van der Waals surface area contributed by atoms with Gasteiger partial charge >= 0.3 is 0 Å². The van der Waals surface area contributed by atoms with E-state index >= 15 is 0 Å². The van der Waals surface area contributed by atoms with E-state index in [2.05, 4.69) is 5.16 Å². The standard InChI is InChI=1S/C20H19ClN4O5/c21-14-3-1-2-13(10-14)16-11-15(22-30-16)20(29)24-8-6-23(7-9-24)19(28)12-25-17(26)4-5-18(25)27/h1-3,10-11H,4-9,12H2. The van der Waals surface area contributed by atoms with Crippen molar-refractivity contribution in [3.63, 3.8) is 0 Å². The summed E-state index contributed by atoms with van der Waals surface area (Å²) in [4.78, 5) is 52.7. The second-order valence-corrected chi connectivity index (χ2v) is 7.57. The Balaban J connectivity index is 1.34. The van der Waals surface area contributed by atoms with Crippen LogP contribution in [-0.4, -0.2) is 76.2 Å². The zero-order valence-electron chi connectivity index (χ0n) is 16.0. The number of hydrogen-bond acceptors (Lipinski definition) is 6. The summed E-state index contributed by atoms with van der Waals surface area (Å²) in [7, 11) is 0. The SMILES string of the molecule is O=C(CN1C(=O)CCC1=O)N1CCN(C(=O)c2cc(-c3cccc(Cl)c3)on2)CC1. The number of hydrogen-bond donors (Lipinski definition) is 0. The summed E-state index contributed by atoms with van der Waals surface area (Å²) in [5.74, 6) is -0.776. The number of aromatic nitrogens is 1. The van der Waals surface area contributed by atoms with Gasteiger partial charge in [-0.1, -0.05) is 28.9 Å². The molecule has 4 amide bonds. The fourth-order valence-corrected chi connectivity index (χ4v) is 3.70. The molecule has 2 aliphatic heterocycles. The molecule has 0 spiro atoms. The van der Waals surface area contributed by atoms with Crippen LogP contribution in [0, 0.1) is 0 Å². The predicted octanol–water partition coefficient (Wildman–Crippen LogP) is 1.43. The fourth-order valence-electron chi connectivity index (χ4n) is 3.51. The first-order valence-corrected chi connectivity index (χ1v) is 9.93. The molecule has 0 atom stereocenters. The van der Waals surface area contributed by atoms with Crippen molar-refractivity contribution < 1.29 is 23.7 Å². The fraction of sp³-hybridized carbons (Fsp3) is 0.350. The molecule has 0 N–H and O–H groups in total. The molecule has 156 valence electrons. The minimum Gasteiger partial charge on any atom is -0.355 e. The van der Waals surface area contributed by atoms with Crippen LogP contribution in [0.1, 0.15) is 23.3 Å². The van der Waals surface area contributed by atoms with Crippen LogP contribution < -0.4 is 0 Å². The zero-order chi connectivity index (χ0) is 21.3. The Kier molecular flexibility index (Phi) is 5.54. The third-order valence-electron chi connectivity index (χ3n) is 5.21. The molecule has 0 saturated carbocycles. The van der Waals surface area contributed by atoms with E-state index in [1.807, 2.05) is 0 Å². The molecule has 1 aromatic heterocycles. The highest BCUT2D eigenvalue weighted by Crippen LogP contribution is 2.24. The summed E-state index contributed by atoms with van der Waals surface area (Å²) in [6, 6.07) is 8.61. The molecule has 0 aliphatic carbocycles. The summed E-state index contributed by atoms with van der Waals surface area (Å²) >= 11 is 5.98. The molecular weight excluding hydrogens is 412 g/mol. The Morgan fingerprint density at radius 2 is 1.67 bits per heavy atom. The third kappa shape index (κ3) is 4.06. The van der Waals surface area contributed by atoms with Gasteiger partial charge in [-0.3, -0.25) is 24.1 Å². The largest absolute Gasteiger partial charge is 0.355 e. The first-order chi connectivity index (χ1) is 14.4. The van der Waals surface area contributed by atoms with E-state index in [0.29, 0.717) is 37.0 Å². The van der Waals surface area contributed by atoms with Gasteiger partial charge in [-0.25, -0.2) is 0 Å². The number of nitrogens with zero attached hydrogens (tertiary/aromatic N) is 4. The molecule has 2 saturated heterocycles. The zero-order valence-corrected chi connectivity index (χ0v) is 16.8. The lowest BCUT2D eigenvalue weighted by Crippen LogP contribution is -2.53. The number of imide groups is 1. The van der Waals surface area contributed by atoms with Crippen molar-refractivity contribution in [3.05, 3.63) is 41.0 Å². The normalized spacial score (nSPS) is 17.0. The van der Waals surface area contributed by atoms with Gasteiger partial charge in [0.25, 0.3) is 5.91 Å². The number of likely N-dealkylation sites (tertiary alicyclic amines) is 1. The van der Waals surface area contributed by atoms with Crippen molar-refractivity contribution in [2.75, 3.05) is 32.7 Å². The minimum atomic E-state index is -0.316. The van der Waals surface area contributed by atoms with Gasteiger partial charge in [0.1, 0.15) is 6.54 Å². The Hall–Kier alpha value is -3.20. The molecular formula is C20H19ClN4O5. The van der Waals surface area contributed by atoms with Crippen molar-refractivity contribution in [1.82, 2.24) is 19.9 Å². The van der Waals surface area contributed by atoms with Crippen LogP contribution >= 0.6 is 11.6 Å². The summed E-state index contributed by atoms with van der Waals surface area (Å²) in [6.45, 7) is 1.05. The highest BCUT2D eigenvalue weighted by molar-refractivity contribution is 6.30. The number of carbonyl (C=O) groups is 4. The van der Waals surface area contributed by atoms with E-state index in [4.69, 9.17) is 16.1 Å². The van der Waals surface area contributed by atoms with Crippen molar-refractivity contribution in [1.29, 1.82) is 0 Å². The van der Waals surface area contributed by atoms with Crippen molar-refractivity contribution in [2.24, 2.45) is 0 Å². The van der Waals surface area contributed by atoms with E-state index < -0.39 is 0 Å². The number of rotatable bonds is 4. The maximum Gasteiger partial charge on any atom is 0.276 e. The minimum absolute atomic E-state index is 0.156. The topological polar surface area (TPSA) is 104 Å². The molecule has 3 heterocycles. The van der Waals surface area contributed by atoms with E-state index in [-0.39, 0.29) is 48.7 Å². The van der Waals surface area contributed by atoms with Crippen LogP contribution in [0.2, 0.25) is 5.02 Å². The Bertz CT molecular complexity index is 996. The Morgan fingerprint density at radius 3 is 2.33 bits per heavy atom. The average Bonchev–Trinajstić information content (AvgIpc) is 3.36. The summed E-state index contributed by atoms with van der Waals surface area (Å²) < 4.78 is 5.28. The molecule has 1 aromatic carbocycles. The van der Waals surface area contributed by atoms with E-state index in [0.717, 1.165) is 10.5 Å².